The maximum atomic E-state index is 13.8. The minimum absolute atomic E-state index is 0. The van der Waals surface area contributed by atoms with E-state index in [0.29, 0.717) is 0 Å². The molecular formula is C18H21F4N2NaO6S. The molecule has 32 heavy (non-hydrogen) atoms. The van der Waals surface area contributed by atoms with Gasteiger partial charge in [-0.3, -0.25) is 14.5 Å². The largest absolute Gasteiger partial charge is 1.00 e. The number of nitrogens with one attached hydrogen (secondary N) is 1. The molecule has 1 aliphatic rings. The van der Waals surface area contributed by atoms with Gasteiger partial charge in [0.25, 0.3) is 0 Å². The van der Waals surface area contributed by atoms with E-state index < -0.39 is 62.3 Å². The van der Waals surface area contributed by atoms with Crippen LogP contribution in [0.5, 0.6) is 5.75 Å². The van der Waals surface area contributed by atoms with Gasteiger partial charge in [-0.25, -0.2) is 17.2 Å². The smallest absolute Gasteiger partial charge is 0.744 e. The van der Waals surface area contributed by atoms with Crippen LogP contribution in [-0.4, -0.2) is 54.9 Å². The maximum Gasteiger partial charge on any atom is 1.00 e. The fourth-order valence-electron chi connectivity index (χ4n) is 3.38. The molecule has 1 N–H and O–H groups in total. The standard InChI is InChI=1S/C18H22F4N2O6S.Na/c1-9-4-3-5-10(2)24(9)8-11(25)23-7-6-12(26)30-17-13(19)15(21)18(31(27,28)29)16(22)14(17)20;/h9-10H,3-8H2,1-2H3,(H,23,25)(H,27,28,29);/q;+1/p-1. The topological polar surface area (TPSA) is 116 Å². The van der Waals surface area contributed by atoms with E-state index in [4.69, 9.17) is 0 Å². The summed E-state index contributed by atoms with van der Waals surface area (Å²) in [7, 11) is -5.87. The molecule has 1 saturated heterocycles. The summed E-state index contributed by atoms with van der Waals surface area (Å²) < 4.78 is 91.6. The number of halogens is 4. The Morgan fingerprint density at radius 1 is 1.06 bits per heavy atom. The summed E-state index contributed by atoms with van der Waals surface area (Å²) in [4.78, 5) is 23.5. The number of esters is 1. The Hall–Kier alpha value is -1.25. The first-order valence-corrected chi connectivity index (χ1v) is 10.8. The summed E-state index contributed by atoms with van der Waals surface area (Å²) in [6.07, 6.45) is 2.35. The molecular weight excluding hydrogens is 471 g/mol. The summed E-state index contributed by atoms with van der Waals surface area (Å²) in [6, 6.07) is 0.409. The quantitative estimate of drug-likeness (QED) is 0.127. The summed E-state index contributed by atoms with van der Waals surface area (Å²) in [5.74, 6) is -13.3. The first-order valence-electron chi connectivity index (χ1n) is 9.39. The zero-order valence-electron chi connectivity index (χ0n) is 17.7. The fraction of sp³-hybridized carbons (Fsp3) is 0.556. The Bertz CT molecular complexity index is 940. The van der Waals surface area contributed by atoms with Gasteiger partial charge in [-0.15, -0.1) is 0 Å². The van der Waals surface area contributed by atoms with Gasteiger partial charge in [-0.2, -0.15) is 8.78 Å². The summed E-state index contributed by atoms with van der Waals surface area (Å²) in [6.45, 7) is 3.79. The van der Waals surface area contributed by atoms with E-state index in [9.17, 15) is 40.1 Å². The van der Waals surface area contributed by atoms with Gasteiger partial charge in [0.1, 0.15) is 15.0 Å². The molecule has 1 aromatic carbocycles. The monoisotopic (exact) mass is 492 g/mol. The molecule has 0 spiro atoms. The molecule has 0 bridgehead atoms. The molecule has 0 saturated carbocycles. The molecule has 174 valence electrons. The number of nitrogens with zero attached hydrogens (tertiary/aromatic N) is 1. The van der Waals surface area contributed by atoms with Gasteiger partial charge < -0.3 is 14.6 Å². The van der Waals surface area contributed by atoms with Crippen molar-refractivity contribution in [2.75, 3.05) is 13.1 Å². The van der Waals surface area contributed by atoms with Crippen LogP contribution in [-0.2, 0) is 19.7 Å². The number of rotatable bonds is 7. The molecule has 8 nitrogen and oxygen atoms in total. The summed E-state index contributed by atoms with van der Waals surface area (Å²) >= 11 is 0. The van der Waals surface area contributed by atoms with E-state index in [1.165, 1.54) is 0 Å². The van der Waals surface area contributed by atoms with Crippen molar-refractivity contribution in [2.45, 2.75) is 56.5 Å². The van der Waals surface area contributed by atoms with Gasteiger partial charge in [0.05, 0.1) is 13.0 Å². The molecule has 1 amide bonds. The molecule has 14 heteroatoms. The molecule has 1 fully saturated rings. The van der Waals surface area contributed by atoms with Crippen molar-refractivity contribution in [1.29, 1.82) is 0 Å². The fourth-order valence-corrected chi connectivity index (χ4v) is 4.00. The molecule has 2 atom stereocenters. The number of amides is 1. The second-order valence-corrected chi connectivity index (χ2v) is 8.56. The first-order chi connectivity index (χ1) is 14.3. The number of ether oxygens (including phenoxy) is 1. The molecule has 0 radical (unpaired) electrons. The Morgan fingerprint density at radius 2 is 1.56 bits per heavy atom. The number of piperidine rings is 1. The molecule has 1 aromatic rings. The van der Waals surface area contributed by atoms with Gasteiger partial charge in [-0.05, 0) is 26.7 Å². The number of carbonyl (C=O) groups is 2. The molecule has 2 unspecified atom stereocenters. The average molecular weight is 492 g/mol. The van der Waals surface area contributed by atoms with E-state index in [-0.39, 0.29) is 54.7 Å². The van der Waals surface area contributed by atoms with Gasteiger partial charge in [0.2, 0.25) is 23.3 Å². The Labute approximate surface area is 204 Å². The second-order valence-electron chi connectivity index (χ2n) is 7.24. The minimum Gasteiger partial charge on any atom is -0.744 e. The predicted octanol–water partition coefficient (Wildman–Crippen LogP) is -1.17. The van der Waals surface area contributed by atoms with Gasteiger partial charge in [-0.1, -0.05) is 6.42 Å². The van der Waals surface area contributed by atoms with E-state index >= 15 is 0 Å². The summed E-state index contributed by atoms with van der Waals surface area (Å²) in [5.41, 5.74) is 0. The number of likely N-dealkylation sites (tertiary alicyclic amines) is 1. The molecule has 1 heterocycles. The van der Waals surface area contributed by atoms with Crippen LogP contribution in [0.4, 0.5) is 17.6 Å². The third-order valence-electron chi connectivity index (χ3n) is 5.00. The van der Waals surface area contributed by atoms with Gasteiger partial charge >= 0.3 is 35.5 Å². The number of hydrogen-bond donors (Lipinski definition) is 1. The van der Waals surface area contributed by atoms with E-state index in [0.717, 1.165) is 19.3 Å². The van der Waals surface area contributed by atoms with Crippen LogP contribution >= 0.6 is 0 Å². The molecule has 0 aromatic heterocycles. The van der Waals surface area contributed by atoms with Gasteiger partial charge in [0.15, 0.2) is 11.6 Å². The van der Waals surface area contributed by atoms with E-state index in [2.05, 4.69) is 10.1 Å². The predicted molar refractivity (Wildman–Crippen MR) is 97.0 cm³/mol. The Morgan fingerprint density at radius 3 is 2.03 bits per heavy atom. The van der Waals surface area contributed by atoms with Crippen LogP contribution in [0.1, 0.15) is 39.5 Å². The van der Waals surface area contributed by atoms with Gasteiger partial charge in [0, 0.05) is 18.6 Å². The van der Waals surface area contributed by atoms with Crippen LogP contribution in [0.15, 0.2) is 4.90 Å². The number of carbonyl (C=O) groups excluding carboxylic acids is 2. The second kappa shape index (κ2) is 11.7. The minimum atomic E-state index is -5.87. The first kappa shape index (κ1) is 28.8. The number of benzene rings is 1. The SMILES string of the molecule is CC1CCCC(C)N1CC(=O)NCCC(=O)Oc1c(F)c(F)c(S(=O)(=O)[O-])c(F)c1F.[Na+]. The Balaban J connectivity index is 0.00000512. The zero-order valence-corrected chi connectivity index (χ0v) is 20.5. The van der Waals surface area contributed by atoms with Crippen LogP contribution in [0.2, 0.25) is 0 Å². The van der Waals surface area contributed by atoms with Crippen molar-refractivity contribution >= 4 is 22.0 Å². The average Bonchev–Trinajstić information content (AvgIpc) is 2.66. The van der Waals surface area contributed by atoms with Crippen LogP contribution in [0, 0.1) is 23.3 Å². The van der Waals surface area contributed by atoms with Crippen molar-refractivity contribution < 1.29 is 74.4 Å². The Kier molecular flexibility index (Phi) is 10.6. The van der Waals surface area contributed by atoms with Crippen molar-refractivity contribution in [3.63, 3.8) is 0 Å². The van der Waals surface area contributed by atoms with Crippen LogP contribution in [0.3, 0.4) is 0 Å². The normalized spacial score (nSPS) is 19.2. The third kappa shape index (κ3) is 6.87. The van der Waals surface area contributed by atoms with Crippen molar-refractivity contribution in [2.24, 2.45) is 0 Å². The summed E-state index contributed by atoms with van der Waals surface area (Å²) in [5, 5.41) is 2.43. The third-order valence-corrected chi connectivity index (χ3v) is 5.86. The van der Waals surface area contributed by atoms with Crippen LogP contribution in [0.25, 0.3) is 0 Å². The van der Waals surface area contributed by atoms with E-state index in [1.54, 1.807) is 0 Å². The maximum absolute atomic E-state index is 13.8. The van der Waals surface area contributed by atoms with Crippen molar-refractivity contribution in [3.8, 4) is 5.75 Å². The van der Waals surface area contributed by atoms with Crippen LogP contribution < -0.4 is 39.6 Å². The number of hydrogen-bond acceptors (Lipinski definition) is 7. The molecule has 1 aliphatic heterocycles. The molecule has 0 aliphatic carbocycles. The van der Waals surface area contributed by atoms with Crippen molar-refractivity contribution in [3.05, 3.63) is 23.3 Å². The zero-order chi connectivity index (χ0) is 23.5. The van der Waals surface area contributed by atoms with E-state index in [1.807, 2.05) is 18.7 Å². The van der Waals surface area contributed by atoms with Crippen molar-refractivity contribution in [1.82, 2.24) is 10.2 Å². The molecule has 2 rings (SSSR count).